The smallest absolute Gasteiger partial charge is 0.115 e. The average molecular weight is 142 g/mol. The lowest BCUT2D eigenvalue weighted by molar-refractivity contribution is 0.475. The molecule has 0 radical (unpaired) electrons. The number of phenolic OH excluding ortho intramolecular Hbond substituents is 1. The van der Waals surface area contributed by atoms with Crippen LogP contribution in [0.3, 0.4) is 0 Å². The van der Waals surface area contributed by atoms with Gasteiger partial charge >= 0.3 is 0 Å². The van der Waals surface area contributed by atoms with E-state index in [4.69, 9.17) is 10.00 Å². The first-order valence-electron chi connectivity index (χ1n) is 2.52. The second-order valence-corrected chi connectivity index (χ2v) is 2.46. The predicted molar refractivity (Wildman–Crippen MR) is 38.3 cm³/mol. The Balaban J connectivity index is 2.88. The maximum absolute atomic E-state index is 8.77. The first-order valence-corrected chi connectivity index (χ1v) is 3.47. The largest absolute Gasteiger partial charge is 0.508 e. The van der Waals surface area contributed by atoms with Crippen molar-refractivity contribution in [3.8, 4) is 5.75 Å². The number of aromatic hydroxyl groups is 1. The number of hydrogen-bond acceptors (Lipinski definition) is 2. The van der Waals surface area contributed by atoms with Gasteiger partial charge < -0.3 is 10.00 Å². The molecule has 0 aliphatic carbocycles. The first kappa shape index (κ1) is 6.53. The monoisotopic (exact) mass is 142 g/mol. The van der Waals surface area contributed by atoms with E-state index in [2.05, 4.69) is 0 Å². The van der Waals surface area contributed by atoms with Crippen molar-refractivity contribution in [2.45, 2.75) is 0 Å². The lowest BCUT2D eigenvalue weighted by Gasteiger charge is -1.92. The lowest BCUT2D eigenvalue weighted by Crippen LogP contribution is -1.88. The first-order chi connectivity index (χ1) is 4.33. The summed E-state index contributed by atoms with van der Waals surface area (Å²) in [6.45, 7) is 0. The molecule has 1 atom stereocenters. The van der Waals surface area contributed by atoms with Crippen molar-refractivity contribution < 1.29 is 10.00 Å². The third-order valence-electron chi connectivity index (χ3n) is 0.996. The third kappa shape index (κ3) is 1.67. The summed E-state index contributed by atoms with van der Waals surface area (Å²) in [5.41, 5.74) is 0. The molecule has 3 heteroatoms. The van der Waals surface area contributed by atoms with Crippen LogP contribution in [-0.4, -0.2) is 10.00 Å². The minimum atomic E-state index is -0.185. The molecular weight excluding hydrogens is 135 g/mol. The number of rotatable bonds is 1. The van der Waals surface area contributed by atoms with Crippen LogP contribution in [0.25, 0.3) is 0 Å². The molecule has 1 rings (SSSR count). The normalized spacial score (nSPS) is 10.8. The Hall–Kier alpha value is -0.590. The van der Waals surface area contributed by atoms with Crippen LogP contribution in [0.15, 0.2) is 24.3 Å². The van der Waals surface area contributed by atoms with Crippen molar-refractivity contribution in [1.82, 2.24) is 0 Å². The van der Waals surface area contributed by atoms with E-state index in [1.165, 1.54) is 0 Å². The van der Waals surface area contributed by atoms with Crippen LogP contribution in [0.1, 0.15) is 0 Å². The maximum atomic E-state index is 8.77. The fourth-order valence-corrected chi connectivity index (χ4v) is 0.852. The van der Waals surface area contributed by atoms with Crippen molar-refractivity contribution in [3.63, 3.8) is 0 Å². The van der Waals surface area contributed by atoms with Gasteiger partial charge in [0.25, 0.3) is 0 Å². The van der Waals surface area contributed by atoms with Crippen LogP contribution in [-0.2, 0) is 0 Å². The van der Waals surface area contributed by atoms with Gasteiger partial charge in [-0.05, 0) is 29.6 Å². The molecule has 0 amide bonds. The Bertz CT molecular complexity index is 183. The van der Waals surface area contributed by atoms with Gasteiger partial charge in [-0.25, -0.2) is 0 Å². The maximum Gasteiger partial charge on any atom is 0.115 e. The highest BCUT2D eigenvalue weighted by Gasteiger charge is 1.87. The van der Waals surface area contributed by atoms with Crippen LogP contribution in [0.2, 0.25) is 0 Å². The van der Waals surface area contributed by atoms with Crippen LogP contribution in [0.5, 0.6) is 5.75 Å². The minimum absolute atomic E-state index is 0.185. The fraction of sp³-hybridized carbons (Fsp3) is 0. The molecule has 0 saturated carbocycles. The topological polar surface area (TPSA) is 40.5 Å². The van der Waals surface area contributed by atoms with Crippen LogP contribution in [0.4, 0.5) is 0 Å². The molecule has 0 bridgehead atoms. The van der Waals surface area contributed by atoms with Gasteiger partial charge in [0.1, 0.15) is 5.75 Å². The van der Waals surface area contributed by atoms with Gasteiger partial charge in [0.05, 0.1) is 0 Å². The lowest BCUT2D eigenvalue weighted by atomic mass is 10.3. The van der Waals surface area contributed by atoms with E-state index < -0.39 is 0 Å². The second kappa shape index (κ2) is 2.81. The Morgan fingerprint density at radius 3 is 2.11 bits per heavy atom. The summed E-state index contributed by atoms with van der Waals surface area (Å²) in [4.78, 5) is 8.57. The van der Waals surface area contributed by atoms with E-state index in [1.54, 1.807) is 24.3 Å². The summed E-state index contributed by atoms with van der Waals surface area (Å²) >= 11 is 0. The Morgan fingerprint density at radius 1 is 1.11 bits per heavy atom. The molecule has 1 unspecified atom stereocenters. The molecular formula is C6H7O2P. The van der Waals surface area contributed by atoms with Crippen molar-refractivity contribution in [3.05, 3.63) is 24.3 Å². The molecule has 1 aromatic rings. The van der Waals surface area contributed by atoms with Gasteiger partial charge in [-0.1, -0.05) is 0 Å². The number of phenols is 1. The highest BCUT2D eigenvalue weighted by Crippen LogP contribution is 2.08. The van der Waals surface area contributed by atoms with E-state index in [0.717, 1.165) is 5.30 Å². The predicted octanol–water partition coefficient (Wildman–Crippen LogP) is 0.603. The molecule has 0 fully saturated rings. The molecule has 1 aromatic carbocycles. The average Bonchev–Trinajstić information content (AvgIpc) is 1.90. The zero-order valence-electron chi connectivity index (χ0n) is 4.70. The molecule has 0 aromatic heterocycles. The summed E-state index contributed by atoms with van der Waals surface area (Å²) in [5.74, 6) is 0.233. The molecule has 48 valence electrons. The molecule has 0 aliphatic rings. The molecule has 0 spiro atoms. The Labute approximate surface area is 55.0 Å². The Kier molecular flexibility index (Phi) is 2.04. The quantitative estimate of drug-likeness (QED) is 0.564. The summed E-state index contributed by atoms with van der Waals surface area (Å²) in [6, 6.07) is 6.48. The van der Waals surface area contributed by atoms with Crippen molar-refractivity contribution in [2.75, 3.05) is 0 Å². The number of hydrogen-bond donors (Lipinski definition) is 2. The van der Waals surface area contributed by atoms with E-state index in [1.807, 2.05) is 0 Å². The van der Waals surface area contributed by atoms with Crippen molar-refractivity contribution >= 4 is 14.1 Å². The summed E-state index contributed by atoms with van der Waals surface area (Å²) < 4.78 is 0. The zero-order chi connectivity index (χ0) is 6.69. The summed E-state index contributed by atoms with van der Waals surface area (Å²) in [5, 5.41) is 9.61. The SMILES string of the molecule is OPc1ccc(O)cc1. The van der Waals surface area contributed by atoms with Crippen LogP contribution < -0.4 is 5.30 Å². The molecule has 2 nitrogen and oxygen atoms in total. The molecule has 2 N–H and O–H groups in total. The van der Waals surface area contributed by atoms with E-state index >= 15 is 0 Å². The zero-order valence-corrected chi connectivity index (χ0v) is 5.70. The van der Waals surface area contributed by atoms with E-state index in [9.17, 15) is 0 Å². The Morgan fingerprint density at radius 2 is 1.67 bits per heavy atom. The third-order valence-corrected chi connectivity index (χ3v) is 1.59. The minimum Gasteiger partial charge on any atom is -0.508 e. The molecule has 9 heavy (non-hydrogen) atoms. The highest BCUT2D eigenvalue weighted by atomic mass is 31.1. The van der Waals surface area contributed by atoms with E-state index in [-0.39, 0.29) is 14.6 Å². The van der Waals surface area contributed by atoms with Gasteiger partial charge in [-0.3, -0.25) is 0 Å². The fourth-order valence-electron chi connectivity index (χ4n) is 0.536. The van der Waals surface area contributed by atoms with Gasteiger partial charge in [-0.2, -0.15) is 0 Å². The van der Waals surface area contributed by atoms with Crippen molar-refractivity contribution in [2.24, 2.45) is 0 Å². The standard InChI is InChI=1S/C6H7O2P/c7-5-1-3-6(9-8)4-2-5/h1-4,7-9H. The van der Waals surface area contributed by atoms with Crippen LogP contribution >= 0.6 is 8.81 Å². The molecule has 0 aliphatic heterocycles. The molecule has 0 heterocycles. The highest BCUT2D eigenvalue weighted by molar-refractivity contribution is 7.40. The van der Waals surface area contributed by atoms with Gasteiger partial charge in [0, 0.05) is 8.81 Å². The van der Waals surface area contributed by atoms with Gasteiger partial charge in [0.2, 0.25) is 0 Å². The van der Waals surface area contributed by atoms with Crippen LogP contribution in [0, 0.1) is 0 Å². The van der Waals surface area contributed by atoms with Gasteiger partial charge in [0.15, 0.2) is 0 Å². The van der Waals surface area contributed by atoms with Gasteiger partial charge in [-0.15, -0.1) is 0 Å². The van der Waals surface area contributed by atoms with E-state index in [0.29, 0.717) is 0 Å². The number of benzene rings is 1. The summed E-state index contributed by atoms with van der Waals surface area (Å²) in [7, 11) is -0.185. The van der Waals surface area contributed by atoms with Crippen molar-refractivity contribution in [1.29, 1.82) is 0 Å². The molecule has 0 saturated heterocycles. The summed E-state index contributed by atoms with van der Waals surface area (Å²) in [6.07, 6.45) is 0. The second-order valence-electron chi connectivity index (χ2n) is 1.66.